The fraction of sp³-hybridized carbons (Fsp3) is 0. The van der Waals surface area contributed by atoms with Gasteiger partial charge in [-0.3, -0.25) is 0 Å². The maximum absolute atomic E-state index is 2.45. The van der Waals surface area contributed by atoms with E-state index in [0.717, 1.165) is 39.4 Å². The third-order valence-corrected chi connectivity index (χ3v) is 12.8. The van der Waals surface area contributed by atoms with E-state index in [1.807, 2.05) is 0 Å². The van der Waals surface area contributed by atoms with Crippen molar-refractivity contribution in [2.75, 3.05) is 4.90 Å². The van der Waals surface area contributed by atoms with E-state index in [4.69, 9.17) is 0 Å². The Labute approximate surface area is 373 Å². The minimum absolute atomic E-state index is 1.08. The van der Waals surface area contributed by atoms with Gasteiger partial charge in [-0.15, -0.1) is 0 Å². The van der Waals surface area contributed by atoms with Crippen molar-refractivity contribution in [3.8, 4) is 50.2 Å². The van der Waals surface area contributed by atoms with E-state index in [1.165, 1.54) is 71.2 Å². The molecule has 0 spiro atoms. The summed E-state index contributed by atoms with van der Waals surface area (Å²) in [6.45, 7) is 0. The first-order valence-electron chi connectivity index (χ1n) is 22.0. The summed E-state index contributed by atoms with van der Waals surface area (Å²) in [5.74, 6) is 0. The summed E-state index contributed by atoms with van der Waals surface area (Å²) in [5, 5.41) is 7.44. The Kier molecular flexibility index (Phi) is 9.20. The molecular weight excluding hydrogens is 773 g/mol. The van der Waals surface area contributed by atoms with Gasteiger partial charge in [0.2, 0.25) is 0 Å². The molecule has 0 aliphatic heterocycles. The molecule has 12 rings (SSSR count). The van der Waals surface area contributed by atoms with Crippen LogP contribution in [0.1, 0.15) is 0 Å². The number of para-hydroxylation sites is 3. The lowest BCUT2D eigenvalue weighted by Gasteiger charge is -2.28. The van der Waals surface area contributed by atoms with Crippen molar-refractivity contribution >= 4 is 60.4 Å². The summed E-state index contributed by atoms with van der Waals surface area (Å²) < 4.78 is 2.45. The minimum atomic E-state index is 1.08. The second-order valence-corrected chi connectivity index (χ2v) is 16.5. The molecule has 0 atom stereocenters. The third kappa shape index (κ3) is 6.61. The van der Waals surface area contributed by atoms with Gasteiger partial charge in [-0.2, -0.15) is 0 Å². The number of rotatable bonds is 8. The summed E-state index contributed by atoms with van der Waals surface area (Å²) in [4.78, 5) is 2.42. The molecule has 0 N–H and O–H groups in total. The van der Waals surface area contributed by atoms with Crippen LogP contribution in [0.5, 0.6) is 0 Å². The maximum atomic E-state index is 2.45. The molecule has 0 unspecified atom stereocenters. The Balaban J connectivity index is 1.03. The van der Waals surface area contributed by atoms with Gasteiger partial charge in [0, 0.05) is 33.3 Å². The highest BCUT2D eigenvalue weighted by Gasteiger charge is 2.20. The van der Waals surface area contributed by atoms with Gasteiger partial charge >= 0.3 is 0 Å². The maximum Gasteiger partial charge on any atom is 0.0546 e. The highest BCUT2D eigenvalue weighted by Crippen LogP contribution is 2.44. The molecule has 0 saturated carbocycles. The van der Waals surface area contributed by atoms with E-state index < -0.39 is 0 Å². The van der Waals surface area contributed by atoms with Crippen molar-refractivity contribution in [3.63, 3.8) is 0 Å². The molecule has 12 aromatic rings. The molecule has 300 valence electrons. The van der Waals surface area contributed by atoms with Gasteiger partial charge in [0.25, 0.3) is 0 Å². The van der Waals surface area contributed by atoms with Crippen molar-refractivity contribution in [2.24, 2.45) is 0 Å². The van der Waals surface area contributed by atoms with Gasteiger partial charge in [0.1, 0.15) is 0 Å². The zero-order valence-corrected chi connectivity index (χ0v) is 35.1. The summed E-state index contributed by atoms with van der Waals surface area (Å²) in [5.41, 5.74) is 16.2. The average molecular weight is 815 g/mol. The van der Waals surface area contributed by atoms with Gasteiger partial charge < -0.3 is 9.47 Å². The number of aromatic nitrogens is 1. The number of fused-ring (bicyclic) bond motifs is 5. The van der Waals surface area contributed by atoms with Gasteiger partial charge in [0.15, 0.2) is 0 Å². The molecule has 11 aromatic carbocycles. The van der Waals surface area contributed by atoms with Gasteiger partial charge in [-0.1, -0.05) is 194 Å². The number of hydrogen-bond acceptors (Lipinski definition) is 1. The average Bonchev–Trinajstić information content (AvgIpc) is 3.71. The molecule has 0 bridgehead atoms. The summed E-state index contributed by atoms with van der Waals surface area (Å²) in [6.07, 6.45) is 0. The van der Waals surface area contributed by atoms with Crippen molar-refractivity contribution in [3.05, 3.63) is 255 Å². The second kappa shape index (κ2) is 15.8. The van der Waals surface area contributed by atoms with Crippen LogP contribution in [0, 0.1) is 0 Å². The molecular formula is C62H42N2. The first kappa shape index (κ1) is 37.3. The Bertz CT molecular complexity index is 3620. The molecule has 1 heterocycles. The third-order valence-electron chi connectivity index (χ3n) is 12.8. The first-order valence-corrected chi connectivity index (χ1v) is 22.0. The Hall–Kier alpha value is -8.46. The normalized spacial score (nSPS) is 11.4. The molecule has 0 radical (unpaired) electrons. The molecule has 0 aliphatic rings. The van der Waals surface area contributed by atoms with Crippen LogP contribution in [0.15, 0.2) is 255 Å². The molecule has 0 fully saturated rings. The molecule has 0 aliphatic carbocycles. The van der Waals surface area contributed by atoms with Crippen LogP contribution in [0.3, 0.4) is 0 Å². The molecule has 0 amide bonds. The van der Waals surface area contributed by atoms with Gasteiger partial charge in [0.05, 0.1) is 22.4 Å². The number of nitrogens with zero attached hydrogens (tertiary/aromatic N) is 2. The Morgan fingerprint density at radius 1 is 0.266 bits per heavy atom. The number of hydrogen-bond donors (Lipinski definition) is 0. The monoisotopic (exact) mass is 814 g/mol. The van der Waals surface area contributed by atoms with Crippen molar-refractivity contribution in [1.82, 2.24) is 4.57 Å². The molecule has 1 aromatic heterocycles. The zero-order valence-electron chi connectivity index (χ0n) is 35.1. The SMILES string of the molecule is c1ccc(-c2ccc(-c3cccc(N(c4ccc(-c5ccc6ccccc6c5)cc4)c4ccccc4-c4ccc5ccccc5c4)c3)cc2-n2c3ccccc3c3ccccc32)cc1. The standard InChI is InChI=1S/C62H42N2/c1-2-17-46(18-3-1)56-38-35-51(42-62(56)64-60-27-12-9-24-57(60)58-25-10-13-28-61(58)64)49-21-14-22-54(41-49)63(53-36-33-45(34-37-53)50-31-29-43-15-4-6-19-47(43)39-50)59-26-11-8-23-55(59)52-32-30-44-16-5-7-20-48(44)40-52/h1-42H. The minimum Gasteiger partial charge on any atom is -0.310 e. The van der Waals surface area contributed by atoms with Crippen LogP contribution in [0.25, 0.3) is 93.5 Å². The molecule has 64 heavy (non-hydrogen) atoms. The number of anilines is 3. The van der Waals surface area contributed by atoms with Gasteiger partial charge in [-0.25, -0.2) is 0 Å². The van der Waals surface area contributed by atoms with Crippen molar-refractivity contribution in [1.29, 1.82) is 0 Å². The Morgan fingerprint density at radius 2 is 0.781 bits per heavy atom. The number of benzene rings is 11. The Morgan fingerprint density at radius 3 is 1.50 bits per heavy atom. The van der Waals surface area contributed by atoms with E-state index in [9.17, 15) is 0 Å². The van der Waals surface area contributed by atoms with Crippen LogP contribution >= 0.6 is 0 Å². The highest BCUT2D eigenvalue weighted by molar-refractivity contribution is 6.10. The van der Waals surface area contributed by atoms with Crippen molar-refractivity contribution in [2.45, 2.75) is 0 Å². The van der Waals surface area contributed by atoms with Gasteiger partial charge in [-0.05, 0) is 116 Å². The fourth-order valence-corrected chi connectivity index (χ4v) is 9.63. The second-order valence-electron chi connectivity index (χ2n) is 16.5. The molecule has 0 saturated heterocycles. The van der Waals surface area contributed by atoms with E-state index >= 15 is 0 Å². The first-order chi connectivity index (χ1) is 31.7. The largest absolute Gasteiger partial charge is 0.310 e. The summed E-state index contributed by atoms with van der Waals surface area (Å²) in [6, 6.07) is 92.8. The van der Waals surface area contributed by atoms with E-state index in [2.05, 4.69) is 264 Å². The van der Waals surface area contributed by atoms with E-state index in [0.29, 0.717) is 0 Å². The van der Waals surface area contributed by atoms with Crippen LogP contribution in [0.4, 0.5) is 17.1 Å². The lowest BCUT2D eigenvalue weighted by molar-refractivity contribution is 1.18. The van der Waals surface area contributed by atoms with Crippen molar-refractivity contribution < 1.29 is 0 Å². The zero-order chi connectivity index (χ0) is 42.4. The van der Waals surface area contributed by atoms with E-state index in [1.54, 1.807) is 0 Å². The summed E-state index contributed by atoms with van der Waals surface area (Å²) >= 11 is 0. The molecule has 2 nitrogen and oxygen atoms in total. The predicted molar refractivity (Wildman–Crippen MR) is 272 cm³/mol. The van der Waals surface area contributed by atoms with Crippen LogP contribution < -0.4 is 4.90 Å². The lowest BCUT2D eigenvalue weighted by Crippen LogP contribution is -2.11. The highest BCUT2D eigenvalue weighted by atomic mass is 15.1. The fourth-order valence-electron chi connectivity index (χ4n) is 9.63. The predicted octanol–water partition coefficient (Wildman–Crippen LogP) is 17.2. The van der Waals surface area contributed by atoms with Crippen LogP contribution in [0.2, 0.25) is 0 Å². The lowest BCUT2D eigenvalue weighted by atomic mass is 9.96. The smallest absolute Gasteiger partial charge is 0.0546 e. The van der Waals surface area contributed by atoms with Crippen LogP contribution in [-0.4, -0.2) is 4.57 Å². The quantitative estimate of drug-likeness (QED) is 0.148. The molecule has 2 heteroatoms. The topological polar surface area (TPSA) is 8.17 Å². The summed E-state index contributed by atoms with van der Waals surface area (Å²) in [7, 11) is 0. The van der Waals surface area contributed by atoms with Crippen LogP contribution in [-0.2, 0) is 0 Å². The van der Waals surface area contributed by atoms with E-state index in [-0.39, 0.29) is 0 Å².